The Kier molecular flexibility index (Phi) is 5.36. The molecule has 30 heavy (non-hydrogen) atoms. The molecule has 0 radical (unpaired) electrons. The molecule has 0 bridgehead atoms. The SMILES string of the molecule is CC(=O)N1CCC[C@@]2(C1)CN(C(=O)Cn1nc(C)c3ccccc3c1=O)CC[C@@H]2O. The second kappa shape index (κ2) is 7.83. The van der Waals surface area contributed by atoms with Crippen molar-refractivity contribution in [3.8, 4) is 0 Å². The van der Waals surface area contributed by atoms with Gasteiger partial charge in [0.05, 0.1) is 17.2 Å². The van der Waals surface area contributed by atoms with Crippen molar-refractivity contribution >= 4 is 22.6 Å². The molecule has 3 heterocycles. The maximum Gasteiger partial charge on any atom is 0.275 e. The van der Waals surface area contributed by atoms with Crippen LogP contribution in [0.3, 0.4) is 0 Å². The summed E-state index contributed by atoms with van der Waals surface area (Å²) in [6.45, 7) is 5.20. The summed E-state index contributed by atoms with van der Waals surface area (Å²) in [7, 11) is 0. The Morgan fingerprint density at radius 1 is 1.17 bits per heavy atom. The number of hydrogen-bond donors (Lipinski definition) is 1. The third-order valence-electron chi connectivity index (χ3n) is 6.63. The number of benzene rings is 1. The van der Waals surface area contributed by atoms with E-state index in [9.17, 15) is 19.5 Å². The summed E-state index contributed by atoms with van der Waals surface area (Å²) in [6, 6.07) is 7.26. The molecule has 4 rings (SSSR count). The van der Waals surface area contributed by atoms with Gasteiger partial charge in [-0.1, -0.05) is 18.2 Å². The first-order valence-corrected chi connectivity index (χ1v) is 10.5. The second-order valence-corrected chi connectivity index (χ2v) is 8.62. The van der Waals surface area contributed by atoms with Crippen molar-refractivity contribution in [2.45, 2.75) is 45.8 Å². The second-order valence-electron chi connectivity index (χ2n) is 8.62. The molecular weight excluding hydrogens is 384 g/mol. The molecule has 2 amide bonds. The summed E-state index contributed by atoms with van der Waals surface area (Å²) in [5.41, 5.74) is -0.0835. The highest BCUT2D eigenvalue weighted by Gasteiger charge is 2.47. The van der Waals surface area contributed by atoms with Crippen molar-refractivity contribution in [3.05, 3.63) is 40.3 Å². The number of piperidine rings is 2. The van der Waals surface area contributed by atoms with Crippen molar-refractivity contribution in [2.24, 2.45) is 5.41 Å². The van der Waals surface area contributed by atoms with Gasteiger partial charge < -0.3 is 14.9 Å². The van der Waals surface area contributed by atoms with Crippen LogP contribution < -0.4 is 5.56 Å². The maximum absolute atomic E-state index is 13.1. The average molecular weight is 412 g/mol. The summed E-state index contributed by atoms with van der Waals surface area (Å²) >= 11 is 0. The zero-order valence-electron chi connectivity index (χ0n) is 17.5. The molecule has 0 saturated carbocycles. The molecule has 1 N–H and O–H groups in total. The van der Waals surface area contributed by atoms with E-state index in [1.54, 1.807) is 21.9 Å². The fourth-order valence-corrected chi connectivity index (χ4v) is 4.93. The van der Waals surface area contributed by atoms with Crippen LogP contribution >= 0.6 is 0 Å². The molecule has 2 aromatic rings. The monoisotopic (exact) mass is 412 g/mol. The third-order valence-corrected chi connectivity index (χ3v) is 6.63. The van der Waals surface area contributed by atoms with Crippen molar-refractivity contribution in [1.82, 2.24) is 19.6 Å². The van der Waals surface area contributed by atoms with Gasteiger partial charge >= 0.3 is 0 Å². The van der Waals surface area contributed by atoms with Crippen LogP contribution in [0.5, 0.6) is 0 Å². The number of aliphatic hydroxyl groups excluding tert-OH is 1. The molecule has 2 fully saturated rings. The normalized spacial score (nSPS) is 24.4. The van der Waals surface area contributed by atoms with Crippen molar-refractivity contribution in [1.29, 1.82) is 0 Å². The van der Waals surface area contributed by atoms with E-state index >= 15 is 0 Å². The first kappa shape index (κ1) is 20.5. The molecule has 1 spiro atoms. The fourth-order valence-electron chi connectivity index (χ4n) is 4.93. The molecule has 160 valence electrons. The van der Waals surface area contributed by atoms with Crippen LogP contribution in [0.2, 0.25) is 0 Å². The standard InChI is InChI=1S/C22H28N4O4/c1-15-17-6-3-4-7-18(17)21(30)26(23-15)12-20(29)25-11-8-19(28)22(14-25)9-5-10-24(13-22)16(2)27/h3-4,6-7,19,28H,5,8-14H2,1-2H3/t19-,22+/m0/s1. The number of fused-ring (bicyclic) bond motifs is 1. The first-order valence-electron chi connectivity index (χ1n) is 10.5. The lowest BCUT2D eigenvalue weighted by Gasteiger charge is -2.50. The molecule has 2 saturated heterocycles. The number of aromatic nitrogens is 2. The summed E-state index contributed by atoms with van der Waals surface area (Å²) < 4.78 is 1.24. The highest BCUT2D eigenvalue weighted by molar-refractivity contribution is 5.83. The lowest BCUT2D eigenvalue weighted by atomic mass is 9.71. The van der Waals surface area contributed by atoms with Crippen molar-refractivity contribution in [2.75, 3.05) is 26.2 Å². The van der Waals surface area contributed by atoms with Crippen LogP contribution in [0.1, 0.15) is 31.9 Å². The molecule has 1 aromatic carbocycles. The minimum atomic E-state index is -0.549. The Hall–Kier alpha value is -2.74. The highest BCUT2D eigenvalue weighted by Crippen LogP contribution is 2.39. The van der Waals surface area contributed by atoms with Crippen LogP contribution in [-0.2, 0) is 16.1 Å². The fraction of sp³-hybridized carbons (Fsp3) is 0.545. The smallest absolute Gasteiger partial charge is 0.275 e. The predicted molar refractivity (Wildman–Crippen MR) is 112 cm³/mol. The van der Waals surface area contributed by atoms with Gasteiger partial charge in [0, 0.05) is 43.9 Å². The lowest BCUT2D eigenvalue weighted by Crippen LogP contribution is -2.60. The van der Waals surface area contributed by atoms with Crippen molar-refractivity contribution in [3.63, 3.8) is 0 Å². The Morgan fingerprint density at radius 3 is 2.60 bits per heavy atom. The van der Waals surface area contributed by atoms with E-state index in [0.717, 1.165) is 18.2 Å². The molecule has 2 aliphatic heterocycles. The Balaban J connectivity index is 1.56. The van der Waals surface area contributed by atoms with Gasteiger partial charge in [-0.05, 0) is 32.3 Å². The number of aryl methyl sites for hydroxylation is 1. The van der Waals surface area contributed by atoms with E-state index in [-0.39, 0.29) is 23.9 Å². The summed E-state index contributed by atoms with van der Waals surface area (Å²) in [6.07, 6.45) is 1.50. The number of rotatable bonds is 2. The summed E-state index contributed by atoms with van der Waals surface area (Å²) in [5.74, 6) is -0.197. The van der Waals surface area contributed by atoms with Gasteiger partial charge in [-0.15, -0.1) is 0 Å². The number of hydrogen-bond acceptors (Lipinski definition) is 5. The molecule has 8 nitrogen and oxygen atoms in total. The van der Waals surface area contributed by atoms with Crippen LogP contribution in [0.15, 0.2) is 29.1 Å². The molecule has 1 aromatic heterocycles. The van der Waals surface area contributed by atoms with Gasteiger partial charge in [0.2, 0.25) is 11.8 Å². The first-order chi connectivity index (χ1) is 14.3. The Bertz CT molecular complexity index is 1050. The van der Waals surface area contributed by atoms with Crippen LogP contribution in [0, 0.1) is 12.3 Å². The maximum atomic E-state index is 13.1. The summed E-state index contributed by atoms with van der Waals surface area (Å²) in [5, 5.41) is 16.4. The molecular formula is C22H28N4O4. The van der Waals surface area contributed by atoms with Crippen molar-refractivity contribution < 1.29 is 14.7 Å². The van der Waals surface area contributed by atoms with Gasteiger partial charge in [0.25, 0.3) is 5.56 Å². The Labute approximate surface area is 175 Å². The number of nitrogens with zero attached hydrogens (tertiary/aromatic N) is 4. The molecule has 8 heteroatoms. The van der Waals surface area contributed by atoms with Crippen LogP contribution in [0.25, 0.3) is 10.8 Å². The van der Waals surface area contributed by atoms with Gasteiger partial charge in [-0.3, -0.25) is 14.4 Å². The van der Waals surface area contributed by atoms with Gasteiger partial charge in [0.15, 0.2) is 0 Å². The predicted octanol–water partition coefficient (Wildman–Crippen LogP) is 0.927. The van der Waals surface area contributed by atoms with Gasteiger partial charge in [-0.25, -0.2) is 4.68 Å². The van der Waals surface area contributed by atoms with Gasteiger partial charge in [0.1, 0.15) is 6.54 Å². The number of likely N-dealkylation sites (tertiary alicyclic amines) is 2. The summed E-state index contributed by atoms with van der Waals surface area (Å²) in [4.78, 5) is 41.3. The minimum Gasteiger partial charge on any atom is -0.392 e. The van der Waals surface area contributed by atoms with E-state index in [4.69, 9.17) is 0 Å². The molecule has 2 aliphatic rings. The highest BCUT2D eigenvalue weighted by atomic mass is 16.3. The van der Waals surface area contributed by atoms with Crippen LogP contribution in [0.4, 0.5) is 0 Å². The third kappa shape index (κ3) is 3.60. The van der Waals surface area contributed by atoms with Gasteiger partial charge in [-0.2, -0.15) is 5.10 Å². The lowest BCUT2D eigenvalue weighted by molar-refractivity contribution is -0.148. The van der Waals surface area contributed by atoms with E-state index in [0.29, 0.717) is 43.7 Å². The number of amides is 2. The molecule has 0 unspecified atom stereocenters. The zero-order valence-corrected chi connectivity index (χ0v) is 17.5. The number of aliphatic hydroxyl groups is 1. The number of carbonyl (C=O) groups excluding carboxylic acids is 2. The number of carbonyl (C=O) groups is 2. The zero-order chi connectivity index (χ0) is 21.5. The average Bonchev–Trinajstić information content (AvgIpc) is 2.74. The van der Waals surface area contributed by atoms with E-state index < -0.39 is 11.5 Å². The quantitative estimate of drug-likeness (QED) is 0.792. The molecule has 2 atom stereocenters. The largest absolute Gasteiger partial charge is 0.392 e. The van der Waals surface area contributed by atoms with E-state index in [1.807, 2.05) is 19.1 Å². The Morgan fingerprint density at radius 2 is 1.87 bits per heavy atom. The van der Waals surface area contributed by atoms with E-state index in [1.165, 1.54) is 11.6 Å². The molecule has 0 aliphatic carbocycles. The van der Waals surface area contributed by atoms with E-state index in [2.05, 4.69) is 5.10 Å². The minimum absolute atomic E-state index is 0.00730. The topological polar surface area (TPSA) is 95.7 Å². The van der Waals surface area contributed by atoms with Crippen LogP contribution in [-0.4, -0.2) is 68.8 Å².